The lowest BCUT2D eigenvalue weighted by molar-refractivity contribution is -0.136. The number of nitrogens with zero attached hydrogens (tertiary/aromatic N) is 3. The molecule has 1 rings (SSSR count). The predicted octanol–water partition coefficient (Wildman–Crippen LogP) is 1.67. The van der Waals surface area contributed by atoms with Crippen molar-refractivity contribution in [3.8, 4) is 12.0 Å². The molecule has 0 aromatic carbocycles. The number of anilines is 1. The average molecular weight is 295 g/mol. The summed E-state index contributed by atoms with van der Waals surface area (Å²) in [6.45, 7) is 3.36. The molecule has 0 fully saturated rings. The highest BCUT2D eigenvalue weighted by Crippen LogP contribution is 2.21. The smallest absolute Gasteiger partial charge is 0.389 e. The molecule has 0 bridgehead atoms. The van der Waals surface area contributed by atoms with Crippen molar-refractivity contribution in [1.82, 2.24) is 15.0 Å². The Morgan fingerprint density at radius 2 is 1.85 bits per heavy atom. The Hall–Kier alpha value is -1.84. The number of halogens is 3. The van der Waals surface area contributed by atoms with Crippen LogP contribution in [0.15, 0.2) is 0 Å². The molecule has 0 atom stereocenters. The molecule has 0 aliphatic heterocycles. The summed E-state index contributed by atoms with van der Waals surface area (Å²) in [4.78, 5) is 11.4. The van der Waals surface area contributed by atoms with Crippen molar-refractivity contribution in [1.29, 1.82) is 0 Å². The van der Waals surface area contributed by atoms with Gasteiger partial charge in [-0.05, 0) is 20.3 Å². The van der Waals surface area contributed by atoms with Gasteiger partial charge in [0.2, 0.25) is 5.95 Å². The maximum absolute atomic E-state index is 12.0. The van der Waals surface area contributed by atoms with Crippen LogP contribution in [-0.4, -0.2) is 33.8 Å². The van der Waals surface area contributed by atoms with Crippen LogP contribution in [-0.2, 0) is 0 Å². The van der Waals surface area contributed by atoms with E-state index in [1.807, 2.05) is 0 Å². The Morgan fingerprint density at radius 1 is 1.20 bits per heavy atom. The fraction of sp³-hybridized carbons (Fsp3) is 0.700. The first-order chi connectivity index (χ1) is 9.30. The number of hydrazine groups is 1. The topological polar surface area (TPSA) is 95.2 Å². The molecule has 0 unspecified atom stereocenters. The molecule has 1 heterocycles. The molecule has 0 aliphatic carbocycles. The van der Waals surface area contributed by atoms with Gasteiger partial charge in [0.1, 0.15) is 0 Å². The number of rotatable bonds is 7. The van der Waals surface area contributed by atoms with Crippen LogP contribution >= 0.6 is 0 Å². The number of ether oxygens (including phenoxy) is 2. The highest BCUT2D eigenvalue weighted by molar-refractivity contribution is 5.25. The Balaban J connectivity index is 2.60. The van der Waals surface area contributed by atoms with E-state index in [2.05, 4.69) is 20.4 Å². The number of aromatic nitrogens is 3. The lowest BCUT2D eigenvalue weighted by Crippen LogP contribution is -2.16. The highest BCUT2D eigenvalue weighted by Gasteiger charge is 2.26. The Bertz CT molecular complexity index is 428. The van der Waals surface area contributed by atoms with E-state index in [0.717, 1.165) is 0 Å². The highest BCUT2D eigenvalue weighted by atomic mass is 19.4. The molecule has 0 radical (unpaired) electrons. The first kappa shape index (κ1) is 16.2. The van der Waals surface area contributed by atoms with Crippen molar-refractivity contribution in [2.45, 2.75) is 39.0 Å². The third-order valence-electron chi connectivity index (χ3n) is 1.90. The third kappa shape index (κ3) is 6.36. The second-order valence-electron chi connectivity index (χ2n) is 4.10. The molecular weight excluding hydrogens is 279 g/mol. The molecule has 1 aromatic rings. The van der Waals surface area contributed by atoms with Crippen molar-refractivity contribution in [2.75, 3.05) is 12.0 Å². The number of hydrogen-bond acceptors (Lipinski definition) is 7. The fourth-order valence-electron chi connectivity index (χ4n) is 1.17. The molecule has 1 aromatic heterocycles. The van der Waals surface area contributed by atoms with Gasteiger partial charge in [-0.2, -0.15) is 23.1 Å². The van der Waals surface area contributed by atoms with Gasteiger partial charge in [0.05, 0.1) is 12.7 Å². The molecular formula is C10H16F3N5O2. The second-order valence-corrected chi connectivity index (χ2v) is 4.10. The molecule has 3 N–H and O–H groups in total. The monoisotopic (exact) mass is 295 g/mol. The third-order valence-corrected chi connectivity index (χ3v) is 1.90. The number of nitrogens with two attached hydrogens (primary N) is 1. The van der Waals surface area contributed by atoms with Gasteiger partial charge in [-0.3, -0.25) is 5.43 Å². The molecule has 0 saturated carbocycles. The van der Waals surface area contributed by atoms with Crippen LogP contribution in [0.25, 0.3) is 0 Å². The second kappa shape index (κ2) is 7.08. The molecule has 20 heavy (non-hydrogen) atoms. The van der Waals surface area contributed by atoms with Crippen LogP contribution in [0.3, 0.4) is 0 Å². The molecule has 0 saturated heterocycles. The Morgan fingerprint density at radius 3 is 2.40 bits per heavy atom. The van der Waals surface area contributed by atoms with Gasteiger partial charge in [0, 0.05) is 6.42 Å². The van der Waals surface area contributed by atoms with Crippen LogP contribution in [0.1, 0.15) is 26.7 Å². The SMILES string of the molecule is CC(C)Oc1nc(NN)nc(OCCCC(F)(F)F)n1. The zero-order valence-corrected chi connectivity index (χ0v) is 11.1. The Labute approximate surface area is 113 Å². The maximum atomic E-state index is 12.0. The lowest BCUT2D eigenvalue weighted by atomic mass is 10.3. The molecule has 10 heteroatoms. The zero-order valence-electron chi connectivity index (χ0n) is 11.1. The molecule has 114 valence electrons. The fourth-order valence-corrected chi connectivity index (χ4v) is 1.17. The maximum Gasteiger partial charge on any atom is 0.389 e. The number of alkyl halides is 3. The summed E-state index contributed by atoms with van der Waals surface area (Å²) in [6.07, 6.45) is -5.52. The minimum Gasteiger partial charge on any atom is -0.463 e. The first-order valence-corrected chi connectivity index (χ1v) is 5.89. The van der Waals surface area contributed by atoms with Crippen LogP contribution in [0.2, 0.25) is 0 Å². The van der Waals surface area contributed by atoms with E-state index in [9.17, 15) is 13.2 Å². The van der Waals surface area contributed by atoms with Crippen LogP contribution in [0.4, 0.5) is 19.1 Å². The van der Waals surface area contributed by atoms with Crippen molar-refractivity contribution >= 4 is 5.95 Å². The normalized spacial score (nSPS) is 11.6. The summed E-state index contributed by atoms with van der Waals surface area (Å²) in [5, 5.41) is 0. The van der Waals surface area contributed by atoms with Crippen LogP contribution in [0, 0.1) is 0 Å². The van der Waals surface area contributed by atoms with Crippen molar-refractivity contribution < 1.29 is 22.6 Å². The van der Waals surface area contributed by atoms with Gasteiger partial charge in [0.25, 0.3) is 0 Å². The van der Waals surface area contributed by atoms with Gasteiger partial charge < -0.3 is 9.47 Å². The largest absolute Gasteiger partial charge is 0.463 e. The van der Waals surface area contributed by atoms with E-state index in [-0.39, 0.29) is 37.1 Å². The summed E-state index contributed by atoms with van der Waals surface area (Å²) < 4.78 is 46.2. The standard InChI is InChI=1S/C10H16F3N5O2/c1-6(2)20-9-16-7(18-14)15-8(17-9)19-5-3-4-10(11,12)13/h6H,3-5,14H2,1-2H3,(H,15,16,17,18). The minimum absolute atomic E-state index is 0.00136. The number of nitrogen functional groups attached to an aromatic ring is 1. The zero-order chi connectivity index (χ0) is 15.2. The van der Waals surface area contributed by atoms with Gasteiger partial charge >= 0.3 is 18.2 Å². The van der Waals surface area contributed by atoms with Gasteiger partial charge in [-0.1, -0.05) is 0 Å². The summed E-state index contributed by atoms with van der Waals surface area (Å²) in [5.74, 6) is 5.17. The predicted molar refractivity (Wildman–Crippen MR) is 64.2 cm³/mol. The lowest BCUT2D eigenvalue weighted by Gasteiger charge is -2.11. The van der Waals surface area contributed by atoms with Crippen LogP contribution < -0.4 is 20.7 Å². The van der Waals surface area contributed by atoms with E-state index in [4.69, 9.17) is 15.3 Å². The minimum atomic E-state index is -4.21. The average Bonchev–Trinajstić information content (AvgIpc) is 2.32. The molecule has 7 nitrogen and oxygen atoms in total. The van der Waals surface area contributed by atoms with Crippen molar-refractivity contribution in [3.05, 3.63) is 0 Å². The van der Waals surface area contributed by atoms with E-state index in [1.54, 1.807) is 13.8 Å². The molecule has 0 aliphatic rings. The van der Waals surface area contributed by atoms with E-state index in [1.165, 1.54) is 0 Å². The van der Waals surface area contributed by atoms with Gasteiger partial charge in [-0.15, -0.1) is 4.98 Å². The number of hydrogen-bond donors (Lipinski definition) is 2. The first-order valence-electron chi connectivity index (χ1n) is 5.89. The summed E-state index contributed by atoms with van der Waals surface area (Å²) in [7, 11) is 0. The van der Waals surface area contributed by atoms with Gasteiger partial charge in [0.15, 0.2) is 0 Å². The summed E-state index contributed by atoms with van der Waals surface area (Å²) in [5.41, 5.74) is 2.19. The summed E-state index contributed by atoms with van der Waals surface area (Å²) in [6, 6.07) is -0.167. The molecule has 0 spiro atoms. The molecule has 0 amide bonds. The summed E-state index contributed by atoms with van der Waals surface area (Å²) >= 11 is 0. The number of nitrogens with one attached hydrogen (secondary N) is 1. The van der Waals surface area contributed by atoms with E-state index >= 15 is 0 Å². The quantitative estimate of drug-likeness (QED) is 0.449. The van der Waals surface area contributed by atoms with Crippen molar-refractivity contribution in [2.24, 2.45) is 5.84 Å². The van der Waals surface area contributed by atoms with Crippen molar-refractivity contribution in [3.63, 3.8) is 0 Å². The van der Waals surface area contributed by atoms with E-state index in [0.29, 0.717) is 0 Å². The van der Waals surface area contributed by atoms with Gasteiger partial charge in [-0.25, -0.2) is 5.84 Å². The van der Waals surface area contributed by atoms with E-state index < -0.39 is 12.6 Å². The van der Waals surface area contributed by atoms with Crippen LogP contribution in [0.5, 0.6) is 12.0 Å². The Kier molecular flexibility index (Phi) is 5.74.